The first-order valence-electron chi connectivity index (χ1n) is 11.2. The van der Waals surface area contributed by atoms with E-state index in [1.165, 1.54) is 0 Å². The van der Waals surface area contributed by atoms with Gasteiger partial charge in [0.05, 0.1) is 10.3 Å². The topological polar surface area (TPSA) is 84.9 Å². The van der Waals surface area contributed by atoms with Crippen LogP contribution in [0.4, 0.5) is 5.82 Å². The lowest BCUT2D eigenvalue weighted by Crippen LogP contribution is -2.37. The minimum atomic E-state index is 0.206. The summed E-state index contributed by atoms with van der Waals surface area (Å²) >= 11 is 1.66. The van der Waals surface area contributed by atoms with Crippen molar-refractivity contribution < 1.29 is 5.11 Å². The Balaban J connectivity index is 1.70. The average Bonchev–Trinajstić information content (AvgIpc) is 3.52. The van der Waals surface area contributed by atoms with Crippen molar-refractivity contribution in [2.45, 2.75) is 39.7 Å². The highest BCUT2D eigenvalue weighted by molar-refractivity contribution is 7.22. The van der Waals surface area contributed by atoms with Gasteiger partial charge in [0.15, 0.2) is 11.6 Å². The second-order valence-electron chi connectivity index (χ2n) is 8.88. The monoisotopic (exact) mass is 451 g/mol. The summed E-state index contributed by atoms with van der Waals surface area (Å²) in [7, 11) is 1.96. The number of fused-ring (bicyclic) bond motifs is 1. The summed E-state index contributed by atoms with van der Waals surface area (Å²) in [5.74, 6) is 2.59. The first-order chi connectivity index (χ1) is 15.5. The lowest BCUT2D eigenvalue weighted by Gasteiger charge is -2.33. The van der Waals surface area contributed by atoms with E-state index in [1.807, 2.05) is 28.7 Å². The Labute approximate surface area is 191 Å². The van der Waals surface area contributed by atoms with E-state index >= 15 is 0 Å². The van der Waals surface area contributed by atoms with E-state index in [0.29, 0.717) is 11.9 Å². The molecule has 1 fully saturated rings. The maximum absolute atomic E-state index is 9.78. The first kappa shape index (κ1) is 21.1. The number of aliphatic hydroxyl groups excluding tert-OH is 1. The molecule has 0 aliphatic carbocycles. The zero-order valence-electron chi connectivity index (χ0n) is 19.0. The van der Waals surface area contributed by atoms with Crippen LogP contribution >= 0.6 is 11.3 Å². The Morgan fingerprint density at radius 2 is 2.09 bits per heavy atom. The van der Waals surface area contributed by atoms with E-state index in [-0.39, 0.29) is 12.5 Å². The third-order valence-corrected chi connectivity index (χ3v) is 7.45. The molecule has 5 heterocycles. The molecule has 9 heteroatoms. The summed E-state index contributed by atoms with van der Waals surface area (Å²) < 4.78 is 3.94. The molecule has 0 amide bonds. The molecular weight excluding hydrogens is 422 g/mol. The van der Waals surface area contributed by atoms with Gasteiger partial charge in [-0.3, -0.25) is 4.68 Å². The number of imidazole rings is 1. The van der Waals surface area contributed by atoms with Crippen molar-refractivity contribution in [1.82, 2.24) is 29.3 Å². The Morgan fingerprint density at radius 3 is 2.78 bits per heavy atom. The Bertz CT molecular complexity index is 1250. The summed E-state index contributed by atoms with van der Waals surface area (Å²) in [4.78, 5) is 18.8. The summed E-state index contributed by atoms with van der Waals surface area (Å²) in [6.07, 6.45) is 7.81. The second kappa shape index (κ2) is 8.29. The minimum absolute atomic E-state index is 0.206. The number of nitrogens with zero attached hydrogens (tertiary/aromatic N) is 7. The highest BCUT2D eigenvalue weighted by Gasteiger charge is 2.27. The zero-order chi connectivity index (χ0) is 22.4. The molecule has 5 rings (SSSR count). The normalized spacial score (nSPS) is 17.1. The quantitative estimate of drug-likeness (QED) is 0.493. The molecule has 0 bridgehead atoms. The third kappa shape index (κ3) is 3.59. The van der Waals surface area contributed by atoms with Crippen LogP contribution in [-0.4, -0.2) is 54.1 Å². The Morgan fingerprint density at radius 1 is 1.25 bits per heavy atom. The van der Waals surface area contributed by atoms with E-state index in [2.05, 4.69) is 36.7 Å². The molecular formula is C23H29N7OS. The minimum Gasteiger partial charge on any atom is -0.396 e. The molecule has 168 valence electrons. The zero-order valence-corrected chi connectivity index (χ0v) is 19.8. The third-order valence-electron chi connectivity index (χ3n) is 6.24. The van der Waals surface area contributed by atoms with Crippen LogP contribution in [0.3, 0.4) is 0 Å². The average molecular weight is 452 g/mol. The van der Waals surface area contributed by atoms with Gasteiger partial charge in [-0.25, -0.2) is 15.0 Å². The molecule has 4 aromatic heterocycles. The van der Waals surface area contributed by atoms with E-state index in [1.54, 1.807) is 17.5 Å². The molecule has 1 unspecified atom stereocenters. The lowest BCUT2D eigenvalue weighted by molar-refractivity contribution is 0.208. The number of aromatic nitrogens is 6. The largest absolute Gasteiger partial charge is 0.396 e. The molecule has 1 saturated heterocycles. The first-order valence-corrected chi connectivity index (χ1v) is 12.0. The Kier molecular flexibility index (Phi) is 5.46. The number of rotatable bonds is 5. The van der Waals surface area contributed by atoms with Crippen molar-refractivity contribution >= 4 is 27.4 Å². The molecule has 1 aliphatic heterocycles. The summed E-state index contributed by atoms with van der Waals surface area (Å²) in [6.45, 7) is 8.33. The maximum Gasteiger partial charge on any atom is 0.199 e. The SMILES string of the molecule is Cc1c(-c2ccn(C(C)C)n2)sc2nc(-c3nccn3C)nc(N3CCCC(CO)C3)c12. The number of thiophene rings is 1. The molecule has 0 spiro atoms. The highest BCUT2D eigenvalue weighted by atomic mass is 32.1. The fourth-order valence-electron chi connectivity index (χ4n) is 4.43. The van der Waals surface area contributed by atoms with Crippen LogP contribution in [0.5, 0.6) is 0 Å². The molecule has 4 aromatic rings. The van der Waals surface area contributed by atoms with Crippen molar-refractivity contribution in [3.05, 3.63) is 30.2 Å². The maximum atomic E-state index is 9.78. The van der Waals surface area contributed by atoms with Crippen molar-refractivity contribution in [2.75, 3.05) is 24.6 Å². The lowest BCUT2D eigenvalue weighted by atomic mass is 9.98. The molecule has 8 nitrogen and oxygen atoms in total. The summed E-state index contributed by atoms with van der Waals surface area (Å²) in [6, 6.07) is 2.39. The number of aryl methyl sites for hydroxylation is 2. The van der Waals surface area contributed by atoms with Crippen molar-refractivity contribution in [3.63, 3.8) is 0 Å². The summed E-state index contributed by atoms with van der Waals surface area (Å²) in [5.41, 5.74) is 2.13. The molecule has 1 N–H and O–H groups in total. The number of anilines is 1. The van der Waals surface area contributed by atoms with Gasteiger partial charge in [-0.1, -0.05) is 0 Å². The molecule has 1 aliphatic rings. The van der Waals surface area contributed by atoms with Crippen molar-refractivity contribution in [1.29, 1.82) is 0 Å². The van der Waals surface area contributed by atoms with Gasteiger partial charge in [0.2, 0.25) is 0 Å². The predicted octanol–water partition coefficient (Wildman–Crippen LogP) is 4.05. The van der Waals surface area contributed by atoms with E-state index in [0.717, 1.165) is 63.9 Å². The van der Waals surface area contributed by atoms with E-state index in [4.69, 9.17) is 15.1 Å². The number of hydrogen-bond donors (Lipinski definition) is 1. The predicted molar refractivity (Wildman–Crippen MR) is 128 cm³/mol. The van der Waals surface area contributed by atoms with Crippen LogP contribution in [0.2, 0.25) is 0 Å². The van der Waals surface area contributed by atoms with Gasteiger partial charge >= 0.3 is 0 Å². The van der Waals surface area contributed by atoms with Gasteiger partial charge in [-0.2, -0.15) is 5.10 Å². The van der Waals surface area contributed by atoms with Crippen LogP contribution in [0, 0.1) is 12.8 Å². The standard InChI is InChI=1S/C23H29N7OS/c1-14(2)30-10-7-17(27-30)19-15(3)18-21(29-9-5-6-16(12-29)13-31)25-20(26-23(18)32-19)22-24-8-11-28(22)4/h7-8,10-11,14,16,31H,5-6,9,12-13H2,1-4H3. The van der Waals surface area contributed by atoms with Crippen molar-refractivity contribution in [2.24, 2.45) is 13.0 Å². The number of aliphatic hydroxyl groups is 1. The summed E-state index contributed by atoms with van der Waals surface area (Å²) in [5, 5.41) is 15.7. The second-order valence-corrected chi connectivity index (χ2v) is 9.88. The van der Waals surface area contributed by atoms with Crippen LogP contribution in [0.1, 0.15) is 38.3 Å². The molecule has 1 atom stereocenters. The van der Waals surface area contributed by atoms with Crippen molar-refractivity contribution in [3.8, 4) is 22.2 Å². The number of piperidine rings is 1. The van der Waals surface area contributed by atoms with Gasteiger partial charge < -0.3 is 14.6 Å². The number of hydrogen-bond acceptors (Lipinski definition) is 7. The van der Waals surface area contributed by atoms with Gasteiger partial charge in [0.25, 0.3) is 0 Å². The van der Waals surface area contributed by atoms with E-state index in [9.17, 15) is 5.11 Å². The van der Waals surface area contributed by atoms with Gasteiger partial charge in [0, 0.05) is 51.4 Å². The van der Waals surface area contributed by atoms with Crippen LogP contribution in [0.15, 0.2) is 24.7 Å². The molecule has 0 saturated carbocycles. The molecule has 0 radical (unpaired) electrons. The van der Waals surface area contributed by atoms with Gasteiger partial charge in [0.1, 0.15) is 16.3 Å². The van der Waals surface area contributed by atoms with Crippen LogP contribution < -0.4 is 4.90 Å². The van der Waals surface area contributed by atoms with E-state index < -0.39 is 0 Å². The van der Waals surface area contributed by atoms with Crippen LogP contribution in [0.25, 0.3) is 32.4 Å². The van der Waals surface area contributed by atoms with Gasteiger partial charge in [-0.15, -0.1) is 11.3 Å². The molecule has 32 heavy (non-hydrogen) atoms. The fourth-order valence-corrected chi connectivity index (χ4v) is 5.57. The van der Waals surface area contributed by atoms with Crippen LogP contribution in [-0.2, 0) is 7.05 Å². The smallest absolute Gasteiger partial charge is 0.199 e. The molecule has 0 aromatic carbocycles. The highest BCUT2D eigenvalue weighted by Crippen LogP contribution is 2.42. The fraction of sp³-hybridized carbons (Fsp3) is 0.478. The Hall–Kier alpha value is -2.78. The van der Waals surface area contributed by atoms with Gasteiger partial charge in [-0.05, 0) is 51.2 Å².